The Hall–Kier alpha value is -0.380. The highest BCUT2D eigenvalue weighted by molar-refractivity contribution is 7.85. The van der Waals surface area contributed by atoms with Crippen molar-refractivity contribution in [3.05, 3.63) is 0 Å². The predicted octanol–water partition coefficient (Wildman–Crippen LogP) is 5.53. The second-order valence-corrected chi connectivity index (χ2v) is 9.01. The minimum atomic E-state index is -0.843. The van der Waals surface area contributed by atoms with E-state index in [1.807, 2.05) is 0 Å². The van der Waals surface area contributed by atoms with E-state index in [4.69, 9.17) is 4.74 Å². The Morgan fingerprint density at radius 3 is 2.04 bits per heavy atom. The van der Waals surface area contributed by atoms with E-state index in [2.05, 4.69) is 6.92 Å². The molecule has 142 valence electrons. The van der Waals surface area contributed by atoms with Gasteiger partial charge in [-0.3, -0.25) is 9.00 Å². The van der Waals surface area contributed by atoms with Gasteiger partial charge in [-0.1, -0.05) is 71.1 Å². The van der Waals surface area contributed by atoms with Gasteiger partial charge >= 0.3 is 5.97 Å². The molecule has 1 saturated carbocycles. The molecule has 0 amide bonds. The lowest BCUT2D eigenvalue weighted by Gasteiger charge is -2.30. The molecule has 0 N–H and O–H groups in total. The zero-order valence-electron chi connectivity index (χ0n) is 15.9. The van der Waals surface area contributed by atoms with Gasteiger partial charge < -0.3 is 4.74 Å². The van der Waals surface area contributed by atoms with Gasteiger partial charge in [0.2, 0.25) is 0 Å². The highest BCUT2D eigenvalue weighted by Crippen LogP contribution is 2.26. The van der Waals surface area contributed by atoms with E-state index in [0.29, 0.717) is 0 Å². The van der Waals surface area contributed by atoms with Gasteiger partial charge in [-0.05, 0) is 25.7 Å². The maximum Gasteiger partial charge on any atom is 0.302 e. The lowest BCUT2D eigenvalue weighted by molar-refractivity contribution is -0.147. The number of carbonyl (C=O) groups is 1. The van der Waals surface area contributed by atoms with Crippen LogP contribution in [0.5, 0.6) is 0 Å². The van der Waals surface area contributed by atoms with E-state index in [9.17, 15) is 9.00 Å². The highest BCUT2D eigenvalue weighted by atomic mass is 32.2. The first-order chi connectivity index (χ1) is 11.6. The second-order valence-electron chi connectivity index (χ2n) is 7.24. The first kappa shape index (κ1) is 21.7. The van der Waals surface area contributed by atoms with Crippen molar-refractivity contribution in [2.75, 3.05) is 5.75 Å². The van der Waals surface area contributed by atoms with Crippen molar-refractivity contribution in [1.29, 1.82) is 0 Å². The summed E-state index contributed by atoms with van der Waals surface area (Å²) >= 11 is 0. The van der Waals surface area contributed by atoms with Gasteiger partial charge in [0.05, 0.1) is 5.25 Å². The van der Waals surface area contributed by atoms with Crippen molar-refractivity contribution < 1.29 is 13.7 Å². The third-order valence-corrected chi connectivity index (χ3v) is 6.90. The third kappa shape index (κ3) is 9.80. The van der Waals surface area contributed by atoms with E-state index >= 15 is 0 Å². The van der Waals surface area contributed by atoms with E-state index in [0.717, 1.165) is 37.9 Å². The fourth-order valence-corrected chi connectivity index (χ4v) is 5.35. The van der Waals surface area contributed by atoms with Crippen molar-refractivity contribution >= 4 is 16.8 Å². The Balaban J connectivity index is 2.07. The zero-order chi connectivity index (χ0) is 17.6. The molecule has 3 atom stereocenters. The van der Waals surface area contributed by atoms with Gasteiger partial charge in [-0.25, -0.2) is 0 Å². The summed E-state index contributed by atoms with van der Waals surface area (Å²) in [6, 6.07) is 0. The summed E-state index contributed by atoms with van der Waals surface area (Å²) in [7, 11) is -0.843. The molecular formula is C20H38O3S. The molecule has 0 bridgehead atoms. The number of hydrogen-bond acceptors (Lipinski definition) is 3. The minimum Gasteiger partial charge on any atom is -0.461 e. The summed E-state index contributed by atoms with van der Waals surface area (Å²) in [5, 5.41) is 0.0706. The Kier molecular flexibility index (Phi) is 12.5. The van der Waals surface area contributed by atoms with Gasteiger partial charge in [0.15, 0.2) is 0 Å². The average Bonchev–Trinajstić information content (AvgIpc) is 2.56. The van der Waals surface area contributed by atoms with Crippen LogP contribution in [-0.4, -0.2) is 27.3 Å². The molecule has 1 aliphatic rings. The van der Waals surface area contributed by atoms with E-state index in [1.165, 1.54) is 64.7 Å². The standard InChI is InChI=1S/C20H38O3S/c1-3-4-5-6-7-8-9-10-11-14-17-24(22)20-16-13-12-15-19(20)23-18(2)21/h19-20H,3-17H2,1-2H3/t19-,20+,24-/m0/s1. The van der Waals surface area contributed by atoms with Crippen molar-refractivity contribution in [2.45, 2.75) is 115 Å². The van der Waals surface area contributed by atoms with Crippen LogP contribution in [0.25, 0.3) is 0 Å². The van der Waals surface area contributed by atoms with Crippen molar-refractivity contribution in [1.82, 2.24) is 0 Å². The molecule has 0 aromatic rings. The smallest absolute Gasteiger partial charge is 0.302 e. The lowest BCUT2D eigenvalue weighted by Crippen LogP contribution is -2.37. The molecular weight excluding hydrogens is 320 g/mol. The number of esters is 1. The molecule has 0 heterocycles. The summed E-state index contributed by atoms with van der Waals surface area (Å²) in [6.07, 6.45) is 16.9. The molecule has 1 rings (SSSR count). The van der Waals surface area contributed by atoms with Crippen LogP contribution >= 0.6 is 0 Å². The van der Waals surface area contributed by atoms with Gasteiger partial charge in [0.1, 0.15) is 6.10 Å². The number of ether oxygens (including phenoxy) is 1. The lowest BCUT2D eigenvalue weighted by atomic mass is 9.97. The maximum absolute atomic E-state index is 12.5. The summed E-state index contributed by atoms with van der Waals surface area (Å²) < 4.78 is 17.9. The average molecular weight is 359 g/mol. The maximum atomic E-state index is 12.5. The van der Waals surface area contributed by atoms with Crippen LogP contribution in [0.3, 0.4) is 0 Å². The second kappa shape index (κ2) is 13.9. The Morgan fingerprint density at radius 1 is 0.917 bits per heavy atom. The quantitative estimate of drug-likeness (QED) is 0.321. The first-order valence-electron chi connectivity index (χ1n) is 10.2. The normalized spacial score (nSPS) is 22.2. The molecule has 0 aromatic carbocycles. The van der Waals surface area contributed by atoms with E-state index < -0.39 is 10.8 Å². The van der Waals surface area contributed by atoms with E-state index in [1.54, 1.807) is 0 Å². The van der Waals surface area contributed by atoms with Crippen LogP contribution in [0.2, 0.25) is 0 Å². The molecule has 1 aliphatic carbocycles. The molecule has 0 aliphatic heterocycles. The van der Waals surface area contributed by atoms with Gasteiger partial charge in [-0.15, -0.1) is 0 Å². The molecule has 0 aromatic heterocycles. The number of hydrogen-bond donors (Lipinski definition) is 0. The van der Waals surface area contributed by atoms with Crippen LogP contribution in [-0.2, 0) is 20.3 Å². The van der Waals surface area contributed by atoms with Gasteiger partial charge in [0, 0.05) is 23.5 Å². The van der Waals surface area contributed by atoms with Crippen LogP contribution in [0.4, 0.5) is 0 Å². The Morgan fingerprint density at radius 2 is 1.46 bits per heavy atom. The van der Waals surface area contributed by atoms with Crippen LogP contribution in [0, 0.1) is 0 Å². The molecule has 4 heteroatoms. The minimum absolute atomic E-state index is 0.0706. The first-order valence-corrected chi connectivity index (χ1v) is 11.6. The Bertz CT molecular complexity index is 357. The van der Waals surface area contributed by atoms with Crippen molar-refractivity contribution in [3.8, 4) is 0 Å². The van der Waals surface area contributed by atoms with Crippen LogP contribution < -0.4 is 0 Å². The fourth-order valence-electron chi connectivity index (χ4n) is 3.59. The fraction of sp³-hybridized carbons (Fsp3) is 0.950. The molecule has 0 saturated heterocycles. The van der Waals surface area contributed by atoms with Crippen LogP contribution in [0.1, 0.15) is 104 Å². The van der Waals surface area contributed by atoms with Gasteiger partial charge in [0.25, 0.3) is 0 Å². The molecule has 0 radical (unpaired) electrons. The largest absolute Gasteiger partial charge is 0.461 e. The molecule has 24 heavy (non-hydrogen) atoms. The number of carbonyl (C=O) groups excluding carboxylic acids is 1. The van der Waals surface area contributed by atoms with Crippen LogP contribution in [0.15, 0.2) is 0 Å². The third-order valence-electron chi connectivity index (χ3n) is 5.00. The van der Waals surface area contributed by atoms with Gasteiger partial charge in [-0.2, -0.15) is 0 Å². The zero-order valence-corrected chi connectivity index (χ0v) is 16.7. The summed E-state index contributed by atoms with van der Waals surface area (Å²) in [6.45, 7) is 3.71. The summed E-state index contributed by atoms with van der Waals surface area (Å²) in [5.74, 6) is 0.543. The predicted molar refractivity (Wildman–Crippen MR) is 103 cm³/mol. The molecule has 0 spiro atoms. The SMILES string of the molecule is CCCCCCCCCCCC[S@](=O)[C@@H]1CCCC[C@@H]1OC(C)=O. The summed E-state index contributed by atoms with van der Waals surface area (Å²) in [5.41, 5.74) is 0. The van der Waals surface area contributed by atoms with Crippen molar-refractivity contribution in [3.63, 3.8) is 0 Å². The molecule has 0 unspecified atom stereocenters. The topological polar surface area (TPSA) is 43.4 Å². The number of rotatable bonds is 13. The van der Waals surface area contributed by atoms with Crippen molar-refractivity contribution in [2.24, 2.45) is 0 Å². The monoisotopic (exact) mass is 358 g/mol. The molecule has 3 nitrogen and oxygen atoms in total. The number of unbranched alkanes of at least 4 members (excludes halogenated alkanes) is 9. The highest BCUT2D eigenvalue weighted by Gasteiger charge is 2.31. The Labute approximate surface area is 151 Å². The van der Waals surface area contributed by atoms with E-state index in [-0.39, 0.29) is 17.3 Å². The molecule has 1 fully saturated rings. The summed E-state index contributed by atoms with van der Waals surface area (Å²) in [4.78, 5) is 11.2.